The first kappa shape index (κ1) is 12.5. The second-order valence-electron chi connectivity index (χ2n) is 5.95. The minimum absolute atomic E-state index is 0.00197. The molecule has 1 aromatic heterocycles. The van der Waals surface area contributed by atoms with E-state index < -0.39 is 0 Å². The molecule has 0 radical (unpaired) electrons. The zero-order valence-electron chi connectivity index (χ0n) is 11.5. The summed E-state index contributed by atoms with van der Waals surface area (Å²) in [5, 5.41) is 4.19. The van der Waals surface area contributed by atoms with E-state index in [0.717, 1.165) is 25.4 Å². The highest BCUT2D eigenvalue weighted by atomic mass is 16.2. The minimum Gasteiger partial charge on any atom is -0.396 e. The van der Waals surface area contributed by atoms with E-state index in [9.17, 15) is 4.79 Å². The Kier molecular flexibility index (Phi) is 3.21. The molecule has 2 fully saturated rings. The van der Waals surface area contributed by atoms with Crippen LogP contribution in [0.25, 0.3) is 0 Å². The molecule has 1 saturated carbocycles. The molecule has 1 saturated heterocycles. The van der Waals surface area contributed by atoms with Crippen LogP contribution in [0.2, 0.25) is 0 Å². The number of nitrogen functional groups attached to an aromatic ring is 1. The molecule has 2 heterocycles. The smallest absolute Gasteiger partial charge is 0.276 e. The number of fused-ring (bicyclic) bond motifs is 1. The predicted molar refractivity (Wildman–Crippen MR) is 73.6 cm³/mol. The molecule has 2 atom stereocenters. The van der Waals surface area contributed by atoms with E-state index in [4.69, 9.17) is 5.73 Å². The molecule has 0 spiro atoms. The Labute approximate surface area is 113 Å². The molecule has 5 nitrogen and oxygen atoms in total. The number of nitrogens with zero attached hydrogens (tertiary/aromatic N) is 3. The Hall–Kier alpha value is -1.52. The fraction of sp³-hybridized carbons (Fsp3) is 0.714. The van der Waals surface area contributed by atoms with Crippen molar-refractivity contribution in [1.82, 2.24) is 14.7 Å². The summed E-state index contributed by atoms with van der Waals surface area (Å²) in [6.45, 7) is 1.75. The number of hydrogen-bond acceptors (Lipinski definition) is 3. The molecule has 104 valence electrons. The summed E-state index contributed by atoms with van der Waals surface area (Å²) in [5.74, 6) is 1.53. The van der Waals surface area contributed by atoms with Crippen LogP contribution in [-0.2, 0) is 7.05 Å². The number of anilines is 1. The molecule has 2 N–H and O–H groups in total. The fourth-order valence-corrected chi connectivity index (χ4v) is 3.61. The second kappa shape index (κ2) is 4.87. The maximum Gasteiger partial charge on any atom is 0.276 e. The molecule has 0 bridgehead atoms. The molecule has 1 aliphatic heterocycles. The number of aromatic nitrogens is 2. The number of likely N-dealkylation sites (tertiary alicyclic amines) is 1. The largest absolute Gasteiger partial charge is 0.396 e. The third-order valence-electron chi connectivity index (χ3n) is 4.64. The van der Waals surface area contributed by atoms with Crippen molar-refractivity contribution < 1.29 is 4.79 Å². The van der Waals surface area contributed by atoms with Gasteiger partial charge in [-0.3, -0.25) is 9.48 Å². The molecule has 3 rings (SSSR count). The van der Waals surface area contributed by atoms with Gasteiger partial charge in [-0.05, 0) is 24.7 Å². The summed E-state index contributed by atoms with van der Waals surface area (Å²) in [7, 11) is 1.79. The summed E-state index contributed by atoms with van der Waals surface area (Å²) >= 11 is 0. The number of piperidine rings is 1. The van der Waals surface area contributed by atoms with E-state index in [1.807, 2.05) is 4.90 Å². The van der Waals surface area contributed by atoms with Gasteiger partial charge in [0.2, 0.25) is 0 Å². The number of hydrogen-bond donors (Lipinski definition) is 1. The predicted octanol–water partition coefficient (Wildman–Crippen LogP) is 1.65. The van der Waals surface area contributed by atoms with Gasteiger partial charge in [0.15, 0.2) is 5.69 Å². The van der Waals surface area contributed by atoms with Crippen molar-refractivity contribution in [2.24, 2.45) is 18.9 Å². The van der Waals surface area contributed by atoms with Crippen LogP contribution in [0.4, 0.5) is 5.69 Å². The van der Waals surface area contributed by atoms with Crippen molar-refractivity contribution in [2.75, 3.05) is 18.8 Å². The Morgan fingerprint density at radius 1 is 1.32 bits per heavy atom. The summed E-state index contributed by atoms with van der Waals surface area (Å²) in [6.07, 6.45) is 8.13. The summed E-state index contributed by atoms with van der Waals surface area (Å²) in [5.41, 5.74) is 6.75. The molecule has 0 aromatic carbocycles. The zero-order valence-corrected chi connectivity index (χ0v) is 11.5. The summed E-state index contributed by atoms with van der Waals surface area (Å²) < 4.78 is 1.61. The highest BCUT2D eigenvalue weighted by molar-refractivity contribution is 5.97. The lowest BCUT2D eigenvalue weighted by Gasteiger charge is -2.41. The number of amides is 1. The molecule has 1 amide bonds. The lowest BCUT2D eigenvalue weighted by atomic mass is 9.75. The van der Waals surface area contributed by atoms with Gasteiger partial charge in [-0.15, -0.1) is 0 Å². The van der Waals surface area contributed by atoms with Crippen LogP contribution >= 0.6 is 0 Å². The SMILES string of the molecule is Cn1cc(N)c(C(=O)N2CCC3CCCCC3C2)n1. The summed E-state index contributed by atoms with van der Waals surface area (Å²) in [6, 6.07) is 0. The van der Waals surface area contributed by atoms with E-state index in [0.29, 0.717) is 17.3 Å². The van der Waals surface area contributed by atoms with Crippen molar-refractivity contribution >= 4 is 11.6 Å². The first-order valence-electron chi connectivity index (χ1n) is 7.23. The van der Waals surface area contributed by atoms with Crippen molar-refractivity contribution in [1.29, 1.82) is 0 Å². The Morgan fingerprint density at radius 2 is 2.05 bits per heavy atom. The van der Waals surface area contributed by atoms with Crippen molar-refractivity contribution in [3.63, 3.8) is 0 Å². The average molecular weight is 262 g/mol. The van der Waals surface area contributed by atoms with Gasteiger partial charge in [0, 0.05) is 26.3 Å². The first-order valence-corrected chi connectivity index (χ1v) is 7.23. The van der Waals surface area contributed by atoms with Crippen molar-refractivity contribution in [3.05, 3.63) is 11.9 Å². The van der Waals surface area contributed by atoms with E-state index in [1.54, 1.807) is 17.9 Å². The lowest BCUT2D eigenvalue weighted by Crippen LogP contribution is -2.45. The quantitative estimate of drug-likeness (QED) is 0.837. The van der Waals surface area contributed by atoms with E-state index >= 15 is 0 Å². The standard InChI is InChI=1S/C14H22N4O/c1-17-9-12(15)13(16-17)14(19)18-7-6-10-4-2-3-5-11(10)8-18/h9-11H,2-8,15H2,1H3. The second-order valence-corrected chi connectivity index (χ2v) is 5.95. The Morgan fingerprint density at radius 3 is 2.74 bits per heavy atom. The van der Waals surface area contributed by atoms with Gasteiger partial charge in [-0.25, -0.2) is 0 Å². The van der Waals surface area contributed by atoms with E-state index in [2.05, 4.69) is 5.10 Å². The van der Waals surface area contributed by atoms with Gasteiger partial charge in [0.1, 0.15) is 0 Å². The van der Waals surface area contributed by atoms with Gasteiger partial charge in [0.05, 0.1) is 5.69 Å². The number of rotatable bonds is 1. The van der Waals surface area contributed by atoms with Gasteiger partial charge >= 0.3 is 0 Å². The third-order valence-corrected chi connectivity index (χ3v) is 4.64. The molecule has 5 heteroatoms. The molecule has 1 aromatic rings. The molecule has 19 heavy (non-hydrogen) atoms. The highest BCUT2D eigenvalue weighted by Crippen LogP contribution is 2.36. The number of carbonyl (C=O) groups excluding carboxylic acids is 1. The number of nitrogens with two attached hydrogens (primary N) is 1. The maximum atomic E-state index is 12.5. The molecule has 2 aliphatic rings. The van der Waals surface area contributed by atoms with E-state index in [-0.39, 0.29) is 5.91 Å². The Bertz CT molecular complexity index is 482. The van der Waals surface area contributed by atoms with Crippen LogP contribution in [0, 0.1) is 11.8 Å². The number of carbonyl (C=O) groups is 1. The van der Waals surface area contributed by atoms with Crippen molar-refractivity contribution in [3.8, 4) is 0 Å². The summed E-state index contributed by atoms with van der Waals surface area (Å²) in [4.78, 5) is 14.4. The van der Waals surface area contributed by atoms with Crippen LogP contribution in [-0.4, -0.2) is 33.7 Å². The van der Waals surface area contributed by atoms with Crippen molar-refractivity contribution in [2.45, 2.75) is 32.1 Å². The van der Waals surface area contributed by atoms with Crippen LogP contribution in [0.5, 0.6) is 0 Å². The van der Waals surface area contributed by atoms with Gasteiger partial charge in [-0.1, -0.05) is 19.3 Å². The maximum absolute atomic E-state index is 12.5. The van der Waals surface area contributed by atoms with Crippen LogP contribution in [0.1, 0.15) is 42.6 Å². The normalized spacial score (nSPS) is 27.1. The molecule has 1 aliphatic carbocycles. The Balaban J connectivity index is 1.72. The topological polar surface area (TPSA) is 64.2 Å². The highest BCUT2D eigenvalue weighted by Gasteiger charge is 2.34. The molecular weight excluding hydrogens is 240 g/mol. The fourth-order valence-electron chi connectivity index (χ4n) is 3.61. The number of aryl methyl sites for hydroxylation is 1. The molecular formula is C14H22N4O. The zero-order chi connectivity index (χ0) is 13.4. The van der Waals surface area contributed by atoms with Gasteiger partial charge < -0.3 is 10.6 Å². The first-order chi connectivity index (χ1) is 9.15. The monoisotopic (exact) mass is 262 g/mol. The van der Waals surface area contributed by atoms with Gasteiger partial charge in [-0.2, -0.15) is 5.10 Å². The molecule has 2 unspecified atom stereocenters. The van der Waals surface area contributed by atoms with Crippen LogP contribution in [0.3, 0.4) is 0 Å². The lowest BCUT2D eigenvalue weighted by molar-refractivity contribution is 0.0516. The van der Waals surface area contributed by atoms with Crippen LogP contribution < -0.4 is 5.73 Å². The minimum atomic E-state index is 0.00197. The van der Waals surface area contributed by atoms with Gasteiger partial charge in [0.25, 0.3) is 5.91 Å². The average Bonchev–Trinajstić information content (AvgIpc) is 2.76. The van der Waals surface area contributed by atoms with E-state index in [1.165, 1.54) is 25.7 Å². The van der Waals surface area contributed by atoms with Crippen LogP contribution in [0.15, 0.2) is 6.20 Å². The third kappa shape index (κ3) is 2.33.